The maximum absolute atomic E-state index is 12.6. The Hall–Kier alpha value is -2.05. The van der Waals surface area contributed by atoms with Crippen molar-refractivity contribution in [3.05, 3.63) is 40.3 Å². The van der Waals surface area contributed by atoms with Crippen LogP contribution in [-0.4, -0.2) is 10.1 Å². The van der Waals surface area contributed by atoms with Crippen molar-refractivity contribution in [3.63, 3.8) is 0 Å². The van der Waals surface area contributed by atoms with E-state index in [0.717, 1.165) is 6.07 Å². The highest BCUT2D eigenvalue weighted by Crippen LogP contribution is 2.35. The first-order chi connectivity index (χ1) is 7.48. The number of halogens is 3. The minimum Gasteiger partial charge on any atom is -0.357 e. The maximum Gasteiger partial charge on any atom is 0.417 e. The van der Waals surface area contributed by atoms with Crippen LogP contribution in [-0.2, 0) is 6.18 Å². The van der Waals surface area contributed by atoms with Crippen LogP contribution >= 0.6 is 0 Å². The van der Waals surface area contributed by atoms with Crippen LogP contribution in [0.3, 0.4) is 0 Å². The van der Waals surface area contributed by atoms with Crippen LogP contribution < -0.4 is 5.69 Å². The fraction of sp³-hybridized carbons (Fsp3) is 0.111. The number of benzene rings is 1. The largest absolute Gasteiger partial charge is 0.417 e. The average Bonchev–Trinajstić information content (AvgIpc) is 2.64. The number of aromatic nitrogens is 2. The minimum absolute atomic E-state index is 0.270. The van der Waals surface area contributed by atoms with Gasteiger partial charge in [-0.1, -0.05) is 12.1 Å². The number of aromatic amines is 1. The van der Waals surface area contributed by atoms with E-state index in [1.165, 1.54) is 18.2 Å². The smallest absolute Gasteiger partial charge is 0.357 e. The van der Waals surface area contributed by atoms with Gasteiger partial charge in [-0.25, -0.2) is 4.79 Å². The van der Waals surface area contributed by atoms with Gasteiger partial charge in [0.1, 0.15) is 0 Å². The number of H-pyrrole nitrogens is 1. The van der Waals surface area contributed by atoms with E-state index in [1.54, 1.807) is 0 Å². The van der Waals surface area contributed by atoms with Crippen LogP contribution in [0.5, 0.6) is 0 Å². The molecule has 2 rings (SSSR count). The van der Waals surface area contributed by atoms with Crippen molar-refractivity contribution in [1.82, 2.24) is 10.1 Å². The summed E-state index contributed by atoms with van der Waals surface area (Å²) in [5.74, 6) is -0.377. The number of hydrogen-bond donors (Lipinski definition) is 1. The number of nitrogens with zero attached hydrogens (tertiary/aromatic N) is 1. The van der Waals surface area contributed by atoms with Crippen LogP contribution in [0.4, 0.5) is 13.2 Å². The monoisotopic (exact) mass is 230 g/mol. The van der Waals surface area contributed by atoms with E-state index in [-0.39, 0.29) is 11.5 Å². The molecule has 1 aromatic carbocycles. The van der Waals surface area contributed by atoms with E-state index in [4.69, 9.17) is 0 Å². The average molecular weight is 230 g/mol. The third-order valence-electron chi connectivity index (χ3n) is 1.90. The second kappa shape index (κ2) is 3.51. The normalized spacial score (nSPS) is 11.7. The summed E-state index contributed by atoms with van der Waals surface area (Å²) in [6.45, 7) is 0. The van der Waals surface area contributed by atoms with Gasteiger partial charge in [-0.3, -0.25) is 0 Å². The molecule has 0 amide bonds. The van der Waals surface area contributed by atoms with Gasteiger partial charge in [0.15, 0.2) is 0 Å². The first kappa shape index (κ1) is 10.5. The quantitative estimate of drug-likeness (QED) is 0.815. The van der Waals surface area contributed by atoms with Crippen molar-refractivity contribution in [2.24, 2.45) is 0 Å². The van der Waals surface area contributed by atoms with Crippen molar-refractivity contribution < 1.29 is 17.7 Å². The van der Waals surface area contributed by atoms with Crippen molar-refractivity contribution >= 4 is 0 Å². The first-order valence-electron chi connectivity index (χ1n) is 4.20. The standard InChI is InChI=1S/C9H5F3N2O2/c10-9(11,12)6-4-2-1-3-5(6)7-13-8(15)14-16-7/h1-4H,(H,14,15). The van der Waals surface area contributed by atoms with Gasteiger partial charge >= 0.3 is 11.9 Å². The summed E-state index contributed by atoms with van der Waals surface area (Å²) in [6.07, 6.45) is -4.52. The zero-order valence-corrected chi connectivity index (χ0v) is 7.71. The van der Waals surface area contributed by atoms with Crippen molar-refractivity contribution in [2.75, 3.05) is 0 Å². The van der Waals surface area contributed by atoms with Gasteiger partial charge in [0, 0.05) is 0 Å². The highest BCUT2D eigenvalue weighted by molar-refractivity contribution is 5.59. The summed E-state index contributed by atoms with van der Waals surface area (Å²) < 4.78 is 42.3. The highest BCUT2D eigenvalue weighted by Gasteiger charge is 2.34. The predicted octanol–water partition coefficient (Wildman–Crippen LogP) is 2.05. The second-order valence-corrected chi connectivity index (χ2v) is 2.97. The summed E-state index contributed by atoms with van der Waals surface area (Å²) in [5, 5.41) is 1.84. The molecule has 4 nitrogen and oxygen atoms in total. The molecule has 0 bridgehead atoms. The lowest BCUT2D eigenvalue weighted by atomic mass is 10.1. The number of alkyl halides is 3. The number of nitrogens with one attached hydrogen (secondary N) is 1. The first-order valence-corrected chi connectivity index (χ1v) is 4.20. The van der Waals surface area contributed by atoms with Gasteiger partial charge in [-0.2, -0.15) is 23.3 Å². The molecule has 0 saturated heterocycles. The molecule has 7 heteroatoms. The van der Waals surface area contributed by atoms with Gasteiger partial charge in [-0.05, 0) is 12.1 Å². The van der Waals surface area contributed by atoms with Crippen molar-refractivity contribution in [2.45, 2.75) is 6.18 Å². The van der Waals surface area contributed by atoms with Crippen molar-refractivity contribution in [1.29, 1.82) is 0 Å². The Morgan fingerprint density at radius 1 is 1.25 bits per heavy atom. The van der Waals surface area contributed by atoms with E-state index >= 15 is 0 Å². The summed E-state index contributed by atoms with van der Waals surface area (Å²) >= 11 is 0. The molecule has 0 fully saturated rings. The van der Waals surface area contributed by atoms with E-state index in [9.17, 15) is 18.0 Å². The molecule has 0 atom stereocenters. The molecule has 0 aliphatic heterocycles. The van der Waals surface area contributed by atoms with Crippen molar-refractivity contribution in [3.8, 4) is 11.5 Å². The molecule has 0 spiro atoms. The minimum atomic E-state index is -4.52. The second-order valence-electron chi connectivity index (χ2n) is 2.97. The van der Waals surface area contributed by atoms with Gasteiger partial charge in [0.05, 0.1) is 11.1 Å². The van der Waals surface area contributed by atoms with Gasteiger partial charge in [-0.15, -0.1) is 0 Å². The maximum atomic E-state index is 12.6. The Morgan fingerprint density at radius 2 is 1.94 bits per heavy atom. The van der Waals surface area contributed by atoms with Crippen LogP contribution in [0, 0.1) is 0 Å². The molecule has 1 heterocycles. The summed E-state index contributed by atoms with van der Waals surface area (Å²) in [7, 11) is 0. The zero-order chi connectivity index (χ0) is 11.8. The molecule has 0 radical (unpaired) electrons. The topological polar surface area (TPSA) is 58.9 Å². The fourth-order valence-corrected chi connectivity index (χ4v) is 1.26. The van der Waals surface area contributed by atoms with Crippen LogP contribution in [0.1, 0.15) is 5.56 Å². The lowest BCUT2D eigenvalue weighted by Crippen LogP contribution is -2.07. The van der Waals surface area contributed by atoms with Crippen LogP contribution in [0.25, 0.3) is 11.5 Å². The third kappa shape index (κ3) is 1.83. The molecule has 0 saturated carbocycles. The molecule has 84 valence electrons. The van der Waals surface area contributed by atoms with E-state index in [2.05, 4.69) is 9.51 Å². The molecule has 0 unspecified atom stereocenters. The third-order valence-corrected chi connectivity index (χ3v) is 1.90. The SMILES string of the molecule is O=c1nc(-c2ccccc2C(F)(F)F)o[nH]1. The summed E-state index contributed by atoms with van der Waals surface area (Å²) in [4.78, 5) is 14.0. The van der Waals surface area contributed by atoms with Gasteiger partial charge < -0.3 is 4.52 Å². The van der Waals surface area contributed by atoms with E-state index < -0.39 is 17.4 Å². The molecule has 1 aromatic heterocycles. The predicted molar refractivity (Wildman–Crippen MR) is 47.6 cm³/mol. The Morgan fingerprint density at radius 3 is 2.50 bits per heavy atom. The summed E-state index contributed by atoms with van der Waals surface area (Å²) in [6, 6.07) is 4.72. The molecular formula is C9H5F3N2O2. The lowest BCUT2D eigenvalue weighted by Gasteiger charge is -2.09. The number of hydrogen-bond acceptors (Lipinski definition) is 3. The Kier molecular flexibility index (Phi) is 2.30. The zero-order valence-electron chi connectivity index (χ0n) is 7.71. The lowest BCUT2D eigenvalue weighted by molar-refractivity contribution is -0.137. The van der Waals surface area contributed by atoms with Gasteiger partial charge in [0.2, 0.25) is 0 Å². The Balaban J connectivity index is 2.61. The molecule has 2 aromatic rings. The van der Waals surface area contributed by atoms with E-state index in [0.29, 0.717) is 0 Å². The van der Waals surface area contributed by atoms with Crippen LogP contribution in [0.2, 0.25) is 0 Å². The molecular weight excluding hydrogens is 225 g/mol. The van der Waals surface area contributed by atoms with E-state index in [1.807, 2.05) is 5.16 Å². The number of rotatable bonds is 1. The molecule has 0 aliphatic rings. The van der Waals surface area contributed by atoms with Gasteiger partial charge in [0.25, 0.3) is 5.89 Å². The molecule has 16 heavy (non-hydrogen) atoms. The van der Waals surface area contributed by atoms with Crippen LogP contribution in [0.15, 0.2) is 33.6 Å². The Labute approximate surface area is 86.7 Å². The summed E-state index contributed by atoms with van der Waals surface area (Å²) in [5.41, 5.74) is -1.99. The highest BCUT2D eigenvalue weighted by atomic mass is 19.4. The Bertz CT molecular complexity index is 556. The fourth-order valence-electron chi connectivity index (χ4n) is 1.26. The molecule has 1 N–H and O–H groups in total. The molecule has 0 aliphatic carbocycles.